The van der Waals surface area contributed by atoms with Crippen LogP contribution < -0.4 is 5.32 Å². The quantitative estimate of drug-likeness (QED) is 0.404. The lowest BCUT2D eigenvalue weighted by Crippen LogP contribution is -2.44. The van der Waals surface area contributed by atoms with Crippen molar-refractivity contribution in [3.8, 4) is 0 Å². The molecule has 5 nitrogen and oxygen atoms in total. The molecule has 0 radical (unpaired) electrons. The molecule has 3 aromatic carbocycles. The van der Waals surface area contributed by atoms with Crippen LogP contribution in [-0.4, -0.2) is 27.1 Å². The molecule has 1 unspecified atom stereocenters. The van der Waals surface area contributed by atoms with Gasteiger partial charge in [0.2, 0.25) is 11.8 Å². The highest BCUT2D eigenvalue weighted by atomic mass is 35.5. The van der Waals surface area contributed by atoms with Crippen LogP contribution in [0.5, 0.6) is 0 Å². The number of amides is 2. The summed E-state index contributed by atoms with van der Waals surface area (Å²) < 4.78 is 0. The number of aliphatic imine (C=N–C) groups is 1. The Bertz CT molecular complexity index is 1200. The van der Waals surface area contributed by atoms with Gasteiger partial charge in [0.1, 0.15) is 5.25 Å². The molecule has 0 bridgehead atoms. The second-order valence-corrected chi connectivity index (χ2v) is 9.77. The van der Waals surface area contributed by atoms with E-state index >= 15 is 0 Å². The van der Waals surface area contributed by atoms with E-state index in [1.165, 1.54) is 11.8 Å². The van der Waals surface area contributed by atoms with Crippen LogP contribution in [0.1, 0.15) is 12.0 Å². The minimum atomic E-state index is -0.635. The van der Waals surface area contributed by atoms with E-state index in [-0.39, 0.29) is 18.2 Å². The normalized spacial score (nSPS) is 17.3. The first-order valence-electron chi connectivity index (χ1n) is 9.99. The summed E-state index contributed by atoms with van der Waals surface area (Å²) in [5.74, 6) is -0.478. The molecule has 1 aliphatic heterocycles. The average Bonchev–Trinajstić information content (AvgIpc) is 2.78. The monoisotopic (exact) mass is 517 g/mol. The SMILES string of the molecule is O=C(Nc1cccc(Cl)c1)C1CC(=O)N(Cc2ccc(Cl)cc2)C(=Nc2ccc(Cl)cc2)S1. The number of halogens is 3. The van der Waals surface area contributed by atoms with Crippen molar-refractivity contribution in [3.63, 3.8) is 0 Å². The number of hydrogen-bond acceptors (Lipinski definition) is 4. The number of nitrogens with zero attached hydrogens (tertiary/aromatic N) is 2. The van der Waals surface area contributed by atoms with Crippen molar-refractivity contribution in [2.24, 2.45) is 4.99 Å². The Morgan fingerprint density at radius 3 is 2.30 bits per heavy atom. The van der Waals surface area contributed by atoms with Gasteiger partial charge in [-0.25, -0.2) is 4.99 Å². The van der Waals surface area contributed by atoms with Crippen LogP contribution in [0.4, 0.5) is 11.4 Å². The molecule has 33 heavy (non-hydrogen) atoms. The second kappa shape index (κ2) is 10.6. The van der Waals surface area contributed by atoms with Crippen molar-refractivity contribution in [3.05, 3.63) is 93.4 Å². The van der Waals surface area contributed by atoms with Gasteiger partial charge in [-0.05, 0) is 60.2 Å². The fourth-order valence-corrected chi connectivity index (χ4v) is 4.72. The summed E-state index contributed by atoms with van der Waals surface area (Å²) in [4.78, 5) is 32.3. The molecule has 0 spiro atoms. The molecule has 3 aromatic rings. The molecule has 0 aliphatic carbocycles. The molecule has 1 N–H and O–H groups in total. The summed E-state index contributed by atoms with van der Waals surface area (Å²) in [5, 5.41) is 4.35. The maximum atomic E-state index is 13.1. The van der Waals surface area contributed by atoms with Gasteiger partial charge in [-0.1, -0.05) is 64.8 Å². The Kier molecular flexibility index (Phi) is 7.60. The number of anilines is 1. The Labute approximate surface area is 210 Å². The van der Waals surface area contributed by atoms with Crippen molar-refractivity contribution < 1.29 is 9.59 Å². The Morgan fingerprint density at radius 1 is 0.970 bits per heavy atom. The summed E-state index contributed by atoms with van der Waals surface area (Å²) in [6, 6.07) is 21.1. The first-order valence-corrected chi connectivity index (χ1v) is 12.0. The third-order valence-electron chi connectivity index (χ3n) is 4.83. The lowest BCUT2D eigenvalue weighted by molar-refractivity contribution is -0.129. The molecule has 1 saturated heterocycles. The predicted octanol–water partition coefficient (Wildman–Crippen LogP) is 6.81. The average molecular weight is 519 g/mol. The van der Waals surface area contributed by atoms with Gasteiger partial charge < -0.3 is 5.32 Å². The molecule has 4 rings (SSSR count). The highest BCUT2D eigenvalue weighted by molar-refractivity contribution is 8.15. The standard InChI is InChI=1S/C24H18Cl3N3O2S/c25-16-6-4-15(5-7-16)14-30-22(31)13-21(23(32)28-20-3-1-2-18(27)12-20)33-24(30)29-19-10-8-17(26)9-11-19/h1-12,21H,13-14H2,(H,28,32). The number of thioether (sulfide) groups is 1. The van der Waals surface area contributed by atoms with Gasteiger partial charge in [-0.2, -0.15) is 0 Å². The second-order valence-electron chi connectivity index (χ2n) is 7.29. The molecule has 1 atom stereocenters. The van der Waals surface area contributed by atoms with Gasteiger partial charge >= 0.3 is 0 Å². The molecule has 1 aliphatic rings. The zero-order valence-corrected chi connectivity index (χ0v) is 20.3. The molecule has 1 fully saturated rings. The van der Waals surface area contributed by atoms with Crippen LogP contribution in [0, 0.1) is 0 Å². The molecular weight excluding hydrogens is 501 g/mol. The maximum absolute atomic E-state index is 13.1. The van der Waals surface area contributed by atoms with Crippen LogP contribution in [0.15, 0.2) is 77.8 Å². The molecule has 0 aromatic heterocycles. The van der Waals surface area contributed by atoms with E-state index in [2.05, 4.69) is 10.3 Å². The van der Waals surface area contributed by atoms with Crippen molar-refractivity contribution in [2.45, 2.75) is 18.2 Å². The summed E-state index contributed by atoms with van der Waals surface area (Å²) in [7, 11) is 0. The Balaban J connectivity index is 1.59. The van der Waals surface area contributed by atoms with Gasteiger partial charge in [-0.15, -0.1) is 0 Å². The smallest absolute Gasteiger partial charge is 0.238 e. The number of nitrogens with one attached hydrogen (secondary N) is 1. The topological polar surface area (TPSA) is 61.8 Å². The predicted molar refractivity (Wildman–Crippen MR) is 137 cm³/mol. The minimum absolute atomic E-state index is 0.0459. The lowest BCUT2D eigenvalue weighted by atomic mass is 10.2. The van der Waals surface area contributed by atoms with Gasteiger partial charge in [0.25, 0.3) is 0 Å². The fourth-order valence-electron chi connectivity index (χ4n) is 3.18. The van der Waals surface area contributed by atoms with Gasteiger partial charge in [-0.3, -0.25) is 14.5 Å². The van der Waals surface area contributed by atoms with Gasteiger partial charge in [0, 0.05) is 27.2 Å². The lowest BCUT2D eigenvalue weighted by Gasteiger charge is -2.32. The van der Waals surface area contributed by atoms with E-state index in [0.717, 1.165) is 5.56 Å². The summed E-state index contributed by atoms with van der Waals surface area (Å²) in [6.45, 7) is 0.318. The number of hydrogen-bond donors (Lipinski definition) is 1. The number of amidine groups is 1. The molecular formula is C24H18Cl3N3O2S. The van der Waals surface area contributed by atoms with Crippen LogP contribution in [-0.2, 0) is 16.1 Å². The van der Waals surface area contributed by atoms with Crippen LogP contribution in [0.3, 0.4) is 0 Å². The van der Waals surface area contributed by atoms with E-state index < -0.39 is 5.25 Å². The molecule has 168 valence electrons. The summed E-state index contributed by atoms with van der Waals surface area (Å²) in [6.07, 6.45) is 0.0459. The fraction of sp³-hybridized carbons (Fsp3) is 0.125. The van der Waals surface area contributed by atoms with Crippen molar-refractivity contribution in [1.82, 2.24) is 4.90 Å². The molecule has 2 amide bonds. The van der Waals surface area contributed by atoms with Crippen molar-refractivity contribution in [1.29, 1.82) is 0 Å². The van der Waals surface area contributed by atoms with Crippen molar-refractivity contribution >= 4 is 74.9 Å². The number of carbonyl (C=O) groups is 2. The van der Waals surface area contributed by atoms with E-state index in [1.807, 2.05) is 12.1 Å². The van der Waals surface area contributed by atoms with E-state index in [1.54, 1.807) is 65.6 Å². The third-order valence-corrected chi connectivity index (χ3v) is 6.76. The summed E-state index contributed by atoms with van der Waals surface area (Å²) in [5.41, 5.74) is 2.10. The van der Waals surface area contributed by atoms with Crippen LogP contribution in [0.25, 0.3) is 0 Å². The number of carbonyl (C=O) groups excluding carboxylic acids is 2. The zero-order chi connectivity index (χ0) is 23.4. The van der Waals surface area contributed by atoms with E-state index in [9.17, 15) is 9.59 Å². The van der Waals surface area contributed by atoms with Crippen LogP contribution in [0.2, 0.25) is 15.1 Å². The van der Waals surface area contributed by atoms with Crippen molar-refractivity contribution in [2.75, 3.05) is 5.32 Å². The number of rotatable bonds is 5. The largest absolute Gasteiger partial charge is 0.325 e. The molecule has 9 heteroatoms. The van der Waals surface area contributed by atoms with Gasteiger partial charge in [0.15, 0.2) is 5.17 Å². The van der Waals surface area contributed by atoms with E-state index in [0.29, 0.717) is 38.2 Å². The first kappa shape index (κ1) is 23.6. The first-order chi connectivity index (χ1) is 15.9. The minimum Gasteiger partial charge on any atom is -0.325 e. The van der Waals surface area contributed by atoms with E-state index in [4.69, 9.17) is 34.8 Å². The molecule has 1 heterocycles. The Morgan fingerprint density at radius 2 is 1.64 bits per heavy atom. The Hall–Kier alpha value is -2.51. The zero-order valence-electron chi connectivity index (χ0n) is 17.2. The molecule has 0 saturated carbocycles. The highest BCUT2D eigenvalue weighted by Gasteiger charge is 2.36. The third kappa shape index (κ3) is 6.30. The van der Waals surface area contributed by atoms with Gasteiger partial charge in [0.05, 0.1) is 12.2 Å². The maximum Gasteiger partial charge on any atom is 0.238 e. The summed E-state index contributed by atoms with van der Waals surface area (Å²) >= 11 is 19.2. The highest BCUT2D eigenvalue weighted by Crippen LogP contribution is 2.31. The van der Waals surface area contributed by atoms with Crippen LogP contribution >= 0.6 is 46.6 Å². The number of benzene rings is 3.